The summed E-state index contributed by atoms with van der Waals surface area (Å²) in [6.07, 6.45) is 4.67. The van der Waals surface area contributed by atoms with Gasteiger partial charge in [0.25, 0.3) is 0 Å². The minimum Gasteiger partial charge on any atom is -0.370 e. The van der Waals surface area contributed by atoms with Crippen molar-refractivity contribution >= 4 is 17.8 Å². The molecule has 1 rings (SSSR count). The van der Waals surface area contributed by atoms with Crippen LogP contribution in [0.5, 0.6) is 0 Å². The average molecular weight is 339 g/mol. The maximum absolute atomic E-state index is 12.6. The first-order valence-corrected chi connectivity index (χ1v) is 8.93. The van der Waals surface area contributed by atoms with Crippen molar-refractivity contribution in [3.8, 4) is 0 Å². The molecule has 0 bridgehead atoms. The minimum absolute atomic E-state index is 0.0605. The Hall–Kier alpha value is -1.79. The van der Waals surface area contributed by atoms with Crippen molar-refractivity contribution in [3.05, 3.63) is 0 Å². The van der Waals surface area contributed by atoms with Crippen LogP contribution in [0.1, 0.15) is 59.3 Å². The summed E-state index contributed by atoms with van der Waals surface area (Å²) in [5.41, 5.74) is 10.1. The van der Waals surface area contributed by atoms with Crippen LogP contribution in [0, 0.1) is 5.41 Å². The predicted molar refractivity (Wildman–Crippen MR) is 96.3 cm³/mol. The highest BCUT2D eigenvalue weighted by atomic mass is 16.2. The molecule has 0 radical (unpaired) electrons. The van der Waals surface area contributed by atoms with Gasteiger partial charge in [-0.2, -0.15) is 0 Å². The highest BCUT2D eigenvalue weighted by Crippen LogP contribution is 2.30. The first kappa shape index (κ1) is 20.3. The summed E-state index contributed by atoms with van der Waals surface area (Å²) in [5, 5.41) is 3.02. The van der Waals surface area contributed by atoms with E-state index < -0.39 is 5.41 Å². The van der Waals surface area contributed by atoms with Crippen LogP contribution in [-0.2, 0) is 9.59 Å². The molecule has 0 aromatic rings. The van der Waals surface area contributed by atoms with Gasteiger partial charge in [0.2, 0.25) is 11.8 Å². The van der Waals surface area contributed by atoms with Crippen LogP contribution in [0.4, 0.5) is 0 Å². The number of nitrogens with zero attached hydrogens (tertiary/aromatic N) is 2. The number of amides is 2. The van der Waals surface area contributed by atoms with Crippen LogP contribution in [0.25, 0.3) is 0 Å². The highest BCUT2D eigenvalue weighted by molar-refractivity contribution is 5.82. The van der Waals surface area contributed by atoms with E-state index in [4.69, 9.17) is 11.5 Å². The minimum atomic E-state index is -0.456. The van der Waals surface area contributed by atoms with E-state index in [1.807, 2.05) is 25.7 Å². The van der Waals surface area contributed by atoms with Crippen molar-refractivity contribution in [1.82, 2.24) is 10.2 Å². The van der Waals surface area contributed by atoms with Crippen LogP contribution in [-0.4, -0.2) is 48.3 Å². The van der Waals surface area contributed by atoms with Crippen LogP contribution in [0.3, 0.4) is 0 Å². The van der Waals surface area contributed by atoms with E-state index in [9.17, 15) is 9.59 Å². The van der Waals surface area contributed by atoms with Gasteiger partial charge < -0.3 is 21.7 Å². The summed E-state index contributed by atoms with van der Waals surface area (Å²) in [5.74, 6) is 0.370. The van der Waals surface area contributed by atoms with E-state index in [0.29, 0.717) is 25.9 Å². The van der Waals surface area contributed by atoms with Gasteiger partial charge in [0.15, 0.2) is 5.96 Å². The lowest BCUT2D eigenvalue weighted by Gasteiger charge is -2.34. The summed E-state index contributed by atoms with van der Waals surface area (Å²) < 4.78 is 0. The molecule has 7 heteroatoms. The third kappa shape index (κ3) is 6.02. The van der Waals surface area contributed by atoms with Gasteiger partial charge in [-0.1, -0.05) is 13.8 Å². The molecule has 0 aliphatic carbocycles. The number of carbonyl (C=O) groups is 2. The number of hydrogen-bond donors (Lipinski definition) is 3. The van der Waals surface area contributed by atoms with Crippen molar-refractivity contribution < 1.29 is 9.59 Å². The summed E-state index contributed by atoms with van der Waals surface area (Å²) in [4.78, 5) is 30.3. The molecular formula is C17H33N5O2. The second-order valence-electron chi connectivity index (χ2n) is 6.93. The van der Waals surface area contributed by atoms with Crippen LogP contribution in [0.15, 0.2) is 4.99 Å². The van der Waals surface area contributed by atoms with E-state index in [2.05, 4.69) is 10.3 Å². The Morgan fingerprint density at radius 2 is 2.12 bits per heavy atom. The molecule has 1 aliphatic heterocycles. The quantitative estimate of drug-likeness (QED) is 0.312. The molecule has 7 nitrogen and oxygen atoms in total. The highest BCUT2D eigenvalue weighted by Gasteiger charge is 2.36. The molecule has 2 amide bonds. The van der Waals surface area contributed by atoms with Crippen molar-refractivity contribution in [2.24, 2.45) is 21.9 Å². The Bertz CT molecular complexity index is 462. The topological polar surface area (TPSA) is 114 Å². The van der Waals surface area contributed by atoms with Gasteiger partial charge in [0.05, 0.1) is 0 Å². The van der Waals surface area contributed by atoms with Gasteiger partial charge in [-0.15, -0.1) is 0 Å². The van der Waals surface area contributed by atoms with Gasteiger partial charge in [-0.25, -0.2) is 0 Å². The zero-order chi connectivity index (χ0) is 18.2. The average Bonchev–Trinajstić information content (AvgIpc) is 2.96. The van der Waals surface area contributed by atoms with Crippen molar-refractivity contribution in [1.29, 1.82) is 0 Å². The molecule has 0 spiro atoms. The number of aliphatic imine (C=N–C) groups is 1. The van der Waals surface area contributed by atoms with Crippen LogP contribution in [0.2, 0.25) is 0 Å². The lowest BCUT2D eigenvalue weighted by molar-refractivity contribution is -0.135. The number of carbonyl (C=O) groups excluding carboxylic acids is 2. The molecule has 24 heavy (non-hydrogen) atoms. The van der Waals surface area contributed by atoms with E-state index in [-0.39, 0.29) is 23.8 Å². The number of nitrogens with two attached hydrogens (primary N) is 2. The molecule has 5 N–H and O–H groups in total. The second-order valence-corrected chi connectivity index (χ2v) is 6.93. The number of likely N-dealkylation sites (tertiary alicyclic amines) is 1. The molecule has 2 atom stereocenters. The van der Waals surface area contributed by atoms with Gasteiger partial charge >= 0.3 is 0 Å². The zero-order valence-electron chi connectivity index (χ0n) is 15.3. The van der Waals surface area contributed by atoms with Crippen molar-refractivity contribution in [3.63, 3.8) is 0 Å². The van der Waals surface area contributed by atoms with Crippen molar-refractivity contribution in [2.45, 2.75) is 65.3 Å². The zero-order valence-corrected chi connectivity index (χ0v) is 15.3. The molecule has 0 aromatic heterocycles. The van der Waals surface area contributed by atoms with Crippen molar-refractivity contribution in [2.75, 3.05) is 19.6 Å². The van der Waals surface area contributed by atoms with Gasteiger partial charge in [-0.3, -0.25) is 14.6 Å². The molecule has 1 aliphatic rings. The van der Waals surface area contributed by atoms with E-state index in [0.717, 1.165) is 32.2 Å². The number of guanidine groups is 1. The molecule has 138 valence electrons. The van der Waals surface area contributed by atoms with E-state index >= 15 is 0 Å². The third-order valence-electron chi connectivity index (χ3n) is 4.88. The maximum atomic E-state index is 12.6. The van der Waals surface area contributed by atoms with Crippen LogP contribution >= 0.6 is 0 Å². The van der Waals surface area contributed by atoms with Gasteiger partial charge in [0.1, 0.15) is 0 Å². The van der Waals surface area contributed by atoms with Gasteiger partial charge in [0, 0.05) is 37.5 Å². The molecule has 1 heterocycles. The van der Waals surface area contributed by atoms with E-state index in [1.165, 1.54) is 0 Å². The Kier molecular flexibility index (Phi) is 8.01. The maximum Gasteiger partial charge on any atom is 0.226 e. The lowest BCUT2D eigenvalue weighted by atomic mass is 9.80. The Morgan fingerprint density at radius 3 is 2.67 bits per heavy atom. The Labute approximate surface area is 145 Å². The largest absolute Gasteiger partial charge is 0.370 e. The normalized spacial score (nSPS) is 18.1. The fraction of sp³-hybridized carbons (Fsp3) is 0.824. The summed E-state index contributed by atoms with van der Waals surface area (Å²) in [6, 6.07) is 0.0950. The molecule has 0 aromatic carbocycles. The standard InChI is InChI=1S/C17H33N5O2/c1-4-17(3,12-13(2)22-11-7-8-14(22)23)15(24)20-9-5-6-10-21-16(18)19/h13H,4-12H2,1-3H3,(H,20,24)(H4,18,19,21). The third-order valence-corrected chi connectivity index (χ3v) is 4.88. The summed E-state index contributed by atoms with van der Waals surface area (Å²) >= 11 is 0. The molecule has 1 fully saturated rings. The molecular weight excluding hydrogens is 306 g/mol. The fourth-order valence-electron chi connectivity index (χ4n) is 3.16. The van der Waals surface area contributed by atoms with E-state index in [1.54, 1.807) is 0 Å². The smallest absolute Gasteiger partial charge is 0.226 e. The van der Waals surface area contributed by atoms with Crippen LogP contribution < -0.4 is 16.8 Å². The summed E-state index contributed by atoms with van der Waals surface area (Å²) in [6.45, 7) is 8.06. The SMILES string of the molecule is CCC(C)(CC(C)N1CCCC1=O)C(=O)NCCCCN=C(N)N. The number of nitrogens with one attached hydrogen (secondary N) is 1. The number of rotatable bonds is 10. The Morgan fingerprint density at radius 1 is 1.42 bits per heavy atom. The monoisotopic (exact) mass is 339 g/mol. The number of hydrogen-bond acceptors (Lipinski definition) is 3. The predicted octanol–water partition coefficient (Wildman–Crippen LogP) is 0.974. The fourth-order valence-corrected chi connectivity index (χ4v) is 3.16. The first-order chi connectivity index (χ1) is 11.3. The molecule has 1 saturated heterocycles. The first-order valence-electron chi connectivity index (χ1n) is 8.93. The molecule has 2 unspecified atom stereocenters. The molecule has 0 saturated carbocycles. The van der Waals surface area contributed by atoms with Gasteiger partial charge in [-0.05, 0) is 39.0 Å². The number of unbranched alkanes of at least 4 members (excludes halogenated alkanes) is 1. The summed E-state index contributed by atoms with van der Waals surface area (Å²) in [7, 11) is 0. The second kappa shape index (κ2) is 9.49. The Balaban J connectivity index is 2.42. The lowest BCUT2D eigenvalue weighted by Crippen LogP contribution is -2.44.